The molecule has 0 atom stereocenters. The molecular weight excluding hydrogens is 452 g/mol. The summed E-state index contributed by atoms with van der Waals surface area (Å²) >= 11 is 1.15. The third-order valence-electron chi connectivity index (χ3n) is 5.31. The second kappa shape index (κ2) is 9.23. The number of carbonyl (C=O) groups is 1. The summed E-state index contributed by atoms with van der Waals surface area (Å²) in [6.45, 7) is 0.618. The summed E-state index contributed by atoms with van der Waals surface area (Å²) in [4.78, 5) is 39.3. The summed E-state index contributed by atoms with van der Waals surface area (Å²) in [6, 6.07) is 13.8. The maximum atomic E-state index is 12.8. The summed E-state index contributed by atoms with van der Waals surface area (Å²) in [5.74, 6) is -0.394. The molecule has 1 fully saturated rings. The minimum Gasteiger partial charge on any atom is -0.338 e. The topological polar surface area (TPSA) is 102 Å². The highest BCUT2D eigenvalue weighted by Gasteiger charge is 2.30. The number of carbonyl (C=O) groups excluding carboxylic acids is 1. The molecule has 2 aromatic heterocycles. The lowest BCUT2D eigenvalue weighted by molar-refractivity contribution is -0.133. The Hall–Kier alpha value is -3.02. The molecule has 1 aliphatic heterocycles. The Morgan fingerprint density at radius 3 is 2.31 bits per heavy atom. The van der Waals surface area contributed by atoms with Crippen LogP contribution in [0.5, 0.6) is 0 Å². The van der Waals surface area contributed by atoms with Crippen LogP contribution in [-0.4, -0.2) is 58.8 Å². The van der Waals surface area contributed by atoms with Gasteiger partial charge in [-0.15, -0.1) is 11.3 Å². The number of aromatic nitrogens is 2. The van der Waals surface area contributed by atoms with Crippen LogP contribution in [0.15, 0.2) is 73.9 Å². The fraction of sp³-hybridized carbons (Fsp3) is 0.286. The van der Waals surface area contributed by atoms with Gasteiger partial charge in [-0.3, -0.25) is 18.7 Å². The molecule has 0 radical (unpaired) electrons. The molecule has 0 unspecified atom stereocenters. The van der Waals surface area contributed by atoms with E-state index in [1.165, 1.54) is 26.0 Å². The van der Waals surface area contributed by atoms with E-state index in [9.17, 15) is 22.8 Å². The van der Waals surface area contributed by atoms with E-state index < -0.39 is 27.2 Å². The first-order chi connectivity index (χ1) is 15.4. The van der Waals surface area contributed by atoms with E-state index in [-0.39, 0.29) is 43.5 Å². The van der Waals surface area contributed by atoms with Crippen molar-refractivity contribution < 1.29 is 13.2 Å². The maximum Gasteiger partial charge on any atom is 0.331 e. The molecule has 0 saturated carbocycles. The molecule has 0 N–H and O–H groups in total. The van der Waals surface area contributed by atoms with Gasteiger partial charge in [-0.25, -0.2) is 13.2 Å². The second-order valence-corrected chi connectivity index (χ2v) is 10.5. The molecule has 0 spiro atoms. The van der Waals surface area contributed by atoms with E-state index in [0.29, 0.717) is 0 Å². The third-order valence-corrected chi connectivity index (χ3v) is 8.58. The minimum atomic E-state index is -3.57. The van der Waals surface area contributed by atoms with E-state index in [1.807, 2.05) is 30.3 Å². The van der Waals surface area contributed by atoms with Crippen LogP contribution in [0.25, 0.3) is 0 Å². The van der Waals surface area contributed by atoms with Crippen molar-refractivity contribution in [3.63, 3.8) is 0 Å². The SMILES string of the molecule is O=C(Cn1c(=O)ccn(Cc2ccccc2)c1=O)N1CCN(S(=O)(=O)c2cccs2)CC1. The van der Waals surface area contributed by atoms with Crippen LogP contribution in [-0.2, 0) is 27.9 Å². The van der Waals surface area contributed by atoms with Gasteiger partial charge in [0.05, 0.1) is 6.54 Å². The van der Waals surface area contributed by atoms with Gasteiger partial charge in [-0.05, 0) is 17.0 Å². The lowest BCUT2D eigenvalue weighted by Gasteiger charge is -2.33. The molecule has 168 valence electrons. The van der Waals surface area contributed by atoms with E-state index in [2.05, 4.69) is 0 Å². The van der Waals surface area contributed by atoms with Crippen LogP contribution in [0, 0.1) is 0 Å². The largest absolute Gasteiger partial charge is 0.338 e. The number of hydrogen-bond acceptors (Lipinski definition) is 6. The van der Waals surface area contributed by atoms with E-state index in [4.69, 9.17) is 0 Å². The number of benzene rings is 1. The van der Waals surface area contributed by atoms with Gasteiger partial charge in [0.15, 0.2) is 0 Å². The van der Waals surface area contributed by atoms with Gasteiger partial charge in [0, 0.05) is 38.4 Å². The number of hydrogen-bond donors (Lipinski definition) is 0. The number of sulfonamides is 1. The number of piperazine rings is 1. The standard InChI is InChI=1S/C21H22N4O5S2/c26-18-8-9-23(15-17-5-2-1-3-6-17)21(28)25(18)16-19(27)22-10-12-24(13-11-22)32(29,30)20-7-4-14-31-20/h1-9,14H,10-13,15-16H2. The van der Waals surface area contributed by atoms with Crippen LogP contribution in [0.4, 0.5) is 0 Å². The quantitative estimate of drug-likeness (QED) is 0.522. The smallest absolute Gasteiger partial charge is 0.331 e. The first kappa shape index (κ1) is 22.2. The van der Waals surface area contributed by atoms with E-state index in [0.717, 1.165) is 21.5 Å². The Morgan fingerprint density at radius 1 is 0.938 bits per heavy atom. The molecule has 11 heteroatoms. The average molecular weight is 475 g/mol. The number of nitrogens with zero attached hydrogens (tertiary/aromatic N) is 4. The molecule has 1 aromatic carbocycles. The van der Waals surface area contributed by atoms with Gasteiger partial charge in [-0.2, -0.15) is 4.31 Å². The van der Waals surface area contributed by atoms with Crippen molar-refractivity contribution in [2.24, 2.45) is 0 Å². The highest BCUT2D eigenvalue weighted by Crippen LogP contribution is 2.22. The fourth-order valence-corrected chi connectivity index (χ4v) is 6.12. The zero-order valence-electron chi connectivity index (χ0n) is 17.2. The van der Waals surface area contributed by atoms with Crippen LogP contribution in [0.1, 0.15) is 5.56 Å². The minimum absolute atomic E-state index is 0.161. The van der Waals surface area contributed by atoms with Crippen molar-refractivity contribution in [1.29, 1.82) is 0 Å². The lowest BCUT2D eigenvalue weighted by atomic mass is 10.2. The zero-order chi connectivity index (χ0) is 22.7. The zero-order valence-corrected chi connectivity index (χ0v) is 18.8. The van der Waals surface area contributed by atoms with E-state index in [1.54, 1.807) is 17.5 Å². The predicted octanol–water partition coefficient (Wildman–Crippen LogP) is 0.653. The maximum absolute atomic E-state index is 12.8. The summed E-state index contributed by atoms with van der Waals surface area (Å²) in [5, 5.41) is 1.70. The molecular formula is C21H22N4O5S2. The number of amides is 1. The number of rotatable bonds is 6. The van der Waals surface area contributed by atoms with Crippen molar-refractivity contribution >= 4 is 27.3 Å². The van der Waals surface area contributed by atoms with Crippen molar-refractivity contribution in [3.05, 3.63) is 86.5 Å². The Kier molecular flexibility index (Phi) is 6.40. The predicted molar refractivity (Wildman–Crippen MR) is 120 cm³/mol. The van der Waals surface area contributed by atoms with Gasteiger partial charge in [0.2, 0.25) is 5.91 Å². The van der Waals surface area contributed by atoms with Crippen LogP contribution >= 0.6 is 11.3 Å². The van der Waals surface area contributed by atoms with Gasteiger partial charge in [-0.1, -0.05) is 36.4 Å². The molecule has 0 bridgehead atoms. The molecule has 0 aliphatic carbocycles. The Morgan fingerprint density at radius 2 is 1.66 bits per heavy atom. The second-order valence-electron chi connectivity index (χ2n) is 7.35. The first-order valence-corrected chi connectivity index (χ1v) is 12.3. The molecule has 1 saturated heterocycles. The summed E-state index contributed by atoms with van der Waals surface area (Å²) in [5.41, 5.74) is -0.214. The van der Waals surface area contributed by atoms with E-state index >= 15 is 0 Å². The molecule has 4 rings (SSSR count). The fourth-order valence-electron chi connectivity index (χ4n) is 3.55. The van der Waals surface area contributed by atoms with Crippen molar-refractivity contribution in [2.75, 3.05) is 26.2 Å². The number of thiophene rings is 1. The molecule has 1 amide bonds. The molecule has 3 aromatic rings. The summed E-state index contributed by atoms with van der Waals surface area (Å²) < 4.78 is 29.2. The van der Waals surface area contributed by atoms with Crippen molar-refractivity contribution in [2.45, 2.75) is 17.3 Å². The molecule has 32 heavy (non-hydrogen) atoms. The van der Waals surface area contributed by atoms with Crippen LogP contribution < -0.4 is 11.2 Å². The Bertz CT molecular complexity index is 1310. The molecule has 9 nitrogen and oxygen atoms in total. The van der Waals surface area contributed by atoms with Gasteiger partial charge < -0.3 is 4.90 Å². The first-order valence-electron chi connectivity index (χ1n) is 10.0. The monoisotopic (exact) mass is 474 g/mol. The lowest BCUT2D eigenvalue weighted by Crippen LogP contribution is -2.52. The van der Waals surface area contributed by atoms with Crippen molar-refractivity contribution in [3.8, 4) is 0 Å². The van der Waals surface area contributed by atoms with Crippen LogP contribution in [0.3, 0.4) is 0 Å². The van der Waals surface area contributed by atoms with Crippen molar-refractivity contribution in [1.82, 2.24) is 18.3 Å². The van der Waals surface area contributed by atoms with Crippen LogP contribution in [0.2, 0.25) is 0 Å². The van der Waals surface area contributed by atoms with Gasteiger partial charge in [0.25, 0.3) is 15.6 Å². The third kappa shape index (κ3) is 4.59. The average Bonchev–Trinajstić information content (AvgIpc) is 3.35. The Labute approximate surface area is 188 Å². The highest BCUT2D eigenvalue weighted by atomic mass is 32.2. The van der Waals surface area contributed by atoms with Gasteiger partial charge >= 0.3 is 5.69 Å². The van der Waals surface area contributed by atoms with Gasteiger partial charge in [0.1, 0.15) is 10.8 Å². The molecule has 1 aliphatic rings. The summed E-state index contributed by atoms with van der Waals surface area (Å²) in [6.07, 6.45) is 1.42. The molecule has 3 heterocycles. The summed E-state index contributed by atoms with van der Waals surface area (Å²) in [7, 11) is -3.57. The Balaban J connectivity index is 1.44. The highest BCUT2D eigenvalue weighted by molar-refractivity contribution is 7.91. The normalized spacial score (nSPS) is 15.1.